The minimum Gasteiger partial charge on any atom is -0.386 e. The smallest absolute Gasteiger partial charge is 0.319 e. The summed E-state index contributed by atoms with van der Waals surface area (Å²) in [5.41, 5.74) is 2.19. The van der Waals surface area contributed by atoms with Crippen LogP contribution in [0.3, 0.4) is 0 Å². The average Bonchev–Trinajstić information content (AvgIpc) is 2.54. The van der Waals surface area contributed by atoms with E-state index in [1.807, 2.05) is 24.3 Å². The first-order valence-corrected chi connectivity index (χ1v) is 8.29. The largest absolute Gasteiger partial charge is 0.386 e. The zero-order valence-corrected chi connectivity index (χ0v) is 15.0. The summed E-state index contributed by atoms with van der Waals surface area (Å²) in [4.78, 5) is 12.3. The first kappa shape index (κ1) is 18.9. The maximum absolute atomic E-state index is 13.0. The summed E-state index contributed by atoms with van der Waals surface area (Å²) in [5.74, 6) is -0.368. The molecule has 0 saturated heterocycles. The van der Waals surface area contributed by atoms with Gasteiger partial charge in [0.2, 0.25) is 0 Å². The van der Waals surface area contributed by atoms with Crippen LogP contribution in [-0.4, -0.2) is 17.2 Å². The topological polar surface area (TPSA) is 61.4 Å². The number of aliphatic hydroxyl groups is 1. The van der Waals surface area contributed by atoms with Gasteiger partial charge in [0.1, 0.15) is 5.82 Å². The SMILES string of the molecule is CC(NC(=O)Nc1ccccc1C(C)(C)C)C(O)c1ccc(F)cc1. The predicted octanol–water partition coefficient (Wildman–Crippen LogP) is 4.37. The molecule has 0 aliphatic heterocycles. The molecule has 0 bridgehead atoms. The number of hydrogen-bond donors (Lipinski definition) is 3. The van der Waals surface area contributed by atoms with Gasteiger partial charge in [-0.25, -0.2) is 9.18 Å². The molecule has 0 heterocycles. The minimum absolute atomic E-state index is 0.108. The lowest BCUT2D eigenvalue weighted by atomic mass is 9.86. The summed E-state index contributed by atoms with van der Waals surface area (Å²) in [5, 5.41) is 15.9. The molecule has 5 heteroatoms. The van der Waals surface area contributed by atoms with Gasteiger partial charge in [0, 0.05) is 5.69 Å². The Labute approximate surface area is 148 Å². The summed E-state index contributed by atoms with van der Waals surface area (Å²) in [6.45, 7) is 7.92. The average molecular weight is 344 g/mol. The van der Waals surface area contributed by atoms with Gasteiger partial charge in [-0.05, 0) is 41.7 Å². The number of urea groups is 1. The first-order valence-electron chi connectivity index (χ1n) is 8.29. The van der Waals surface area contributed by atoms with Crippen LogP contribution < -0.4 is 10.6 Å². The van der Waals surface area contributed by atoms with Gasteiger partial charge < -0.3 is 15.7 Å². The fourth-order valence-corrected chi connectivity index (χ4v) is 2.64. The Balaban J connectivity index is 2.04. The summed E-state index contributed by atoms with van der Waals surface area (Å²) < 4.78 is 13.0. The highest BCUT2D eigenvalue weighted by Gasteiger charge is 2.21. The fourth-order valence-electron chi connectivity index (χ4n) is 2.64. The van der Waals surface area contributed by atoms with Crippen molar-refractivity contribution >= 4 is 11.7 Å². The summed E-state index contributed by atoms with van der Waals surface area (Å²) in [7, 11) is 0. The van der Waals surface area contributed by atoms with Crippen LogP contribution in [0, 0.1) is 5.82 Å². The number of amides is 2. The van der Waals surface area contributed by atoms with Gasteiger partial charge in [-0.2, -0.15) is 0 Å². The molecule has 0 fully saturated rings. The van der Waals surface area contributed by atoms with Gasteiger partial charge in [-0.15, -0.1) is 0 Å². The second-order valence-electron chi connectivity index (χ2n) is 7.18. The molecule has 0 radical (unpaired) electrons. The molecular weight excluding hydrogens is 319 g/mol. The van der Waals surface area contributed by atoms with Crippen molar-refractivity contribution in [3.63, 3.8) is 0 Å². The van der Waals surface area contributed by atoms with E-state index in [2.05, 4.69) is 31.4 Å². The van der Waals surface area contributed by atoms with Crippen molar-refractivity contribution in [2.45, 2.75) is 45.3 Å². The quantitative estimate of drug-likeness (QED) is 0.771. The zero-order chi connectivity index (χ0) is 18.6. The Morgan fingerprint density at radius 3 is 2.28 bits per heavy atom. The van der Waals surface area contributed by atoms with Crippen molar-refractivity contribution in [2.24, 2.45) is 0 Å². The number of rotatable bonds is 4. The van der Waals surface area contributed by atoms with Crippen LogP contribution in [0.15, 0.2) is 48.5 Å². The summed E-state index contributed by atoms with van der Waals surface area (Å²) in [6.07, 6.45) is -0.927. The Kier molecular flexibility index (Phi) is 5.80. The molecule has 0 aliphatic carbocycles. The van der Waals surface area contributed by atoms with Gasteiger partial charge in [-0.3, -0.25) is 0 Å². The van der Waals surface area contributed by atoms with Gasteiger partial charge in [0.15, 0.2) is 0 Å². The van der Waals surface area contributed by atoms with E-state index in [1.165, 1.54) is 24.3 Å². The van der Waals surface area contributed by atoms with Crippen molar-refractivity contribution in [1.29, 1.82) is 0 Å². The Morgan fingerprint density at radius 1 is 1.08 bits per heavy atom. The van der Waals surface area contributed by atoms with Crippen molar-refractivity contribution in [3.05, 3.63) is 65.5 Å². The Hall–Kier alpha value is -2.40. The highest BCUT2D eigenvalue weighted by Crippen LogP contribution is 2.29. The van der Waals surface area contributed by atoms with E-state index in [-0.39, 0.29) is 11.2 Å². The Bertz CT molecular complexity index is 723. The van der Waals surface area contributed by atoms with Crippen molar-refractivity contribution < 1.29 is 14.3 Å². The standard InChI is InChI=1S/C20H25FN2O2/c1-13(18(24)14-9-11-15(21)12-10-14)22-19(25)23-17-8-6-5-7-16(17)20(2,3)4/h5-13,18,24H,1-4H3,(H2,22,23,25). The number of nitrogens with one attached hydrogen (secondary N) is 2. The number of halogens is 1. The molecule has 0 aliphatic rings. The second-order valence-corrected chi connectivity index (χ2v) is 7.18. The van der Waals surface area contributed by atoms with Crippen LogP contribution in [0.2, 0.25) is 0 Å². The molecule has 2 atom stereocenters. The van der Waals surface area contributed by atoms with E-state index >= 15 is 0 Å². The highest BCUT2D eigenvalue weighted by atomic mass is 19.1. The minimum atomic E-state index is -0.927. The molecule has 2 aromatic rings. The Morgan fingerprint density at radius 2 is 1.68 bits per heavy atom. The lowest BCUT2D eigenvalue weighted by Crippen LogP contribution is -2.40. The van der Waals surface area contributed by atoms with Crippen LogP contribution in [-0.2, 0) is 5.41 Å². The fraction of sp³-hybridized carbons (Fsp3) is 0.350. The first-order chi connectivity index (χ1) is 11.7. The number of aliphatic hydroxyl groups excluding tert-OH is 1. The van der Waals surface area contributed by atoms with Gasteiger partial charge >= 0.3 is 6.03 Å². The maximum Gasteiger partial charge on any atom is 0.319 e. The molecule has 0 aromatic heterocycles. The van der Waals surface area contributed by atoms with E-state index < -0.39 is 18.2 Å². The van der Waals surface area contributed by atoms with Crippen LogP contribution in [0.1, 0.15) is 44.9 Å². The van der Waals surface area contributed by atoms with Crippen LogP contribution in [0.25, 0.3) is 0 Å². The monoisotopic (exact) mass is 344 g/mol. The highest BCUT2D eigenvalue weighted by molar-refractivity contribution is 5.90. The van der Waals surface area contributed by atoms with Crippen LogP contribution in [0.4, 0.5) is 14.9 Å². The van der Waals surface area contributed by atoms with Crippen LogP contribution >= 0.6 is 0 Å². The molecule has 2 amide bonds. The number of hydrogen-bond acceptors (Lipinski definition) is 2. The molecule has 2 aromatic carbocycles. The van der Waals surface area contributed by atoms with Crippen molar-refractivity contribution in [3.8, 4) is 0 Å². The van der Waals surface area contributed by atoms with Gasteiger partial charge in [-0.1, -0.05) is 51.1 Å². The molecule has 2 unspecified atom stereocenters. The van der Waals surface area contributed by atoms with E-state index in [0.717, 1.165) is 11.3 Å². The van der Waals surface area contributed by atoms with E-state index in [9.17, 15) is 14.3 Å². The maximum atomic E-state index is 13.0. The molecular formula is C20H25FN2O2. The lowest BCUT2D eigenvalue weighted by molar-refractivity contribution is 0.139. The molecule has 0 saturated carbocycles. The number of carbonyl (C=O) groups excluding carboxylic acids is 1. The lowest BCUT2D eigenvalue weighted by Gasteiger charge is -2.24. The normalized spacial score (nSPS) is 13.8. The molecule has 3 N–H and O–H groups in total. The molecule has 2 rings (SSSR count). The molecule has 134 valence electrons. The van der Waals surface area contributed by atoms with Gasteiger partial charge in [0.25, 0.3) is 0 Å². The number of benzene rings is 2. The third-order valence-electron chi connectivity index (χ3n) is 4.03. The third kappa shape index (κ3) is 5.03. The predicted molar refractivity (Wildman–Crippen MR) is 98.1 cm³/mol. The van der Waals surface area contributed by atoms with Crippen LogP contribution in [0.5, 0.6) is 0 Å². The number of para-hydroxylation sites is 1. The van der Waals surface area contributed by atoms with Crippen molar-refractivity contribution in [2.75, 3.05) is 5.32 Å². The molecule has 4 nitrogen and oxygen atoms in total. The second kappa shape index (κ2) is 7.66. The zero-order valence-electron chi connectivity index (χ0n) is 15.0. The number of anilines is 1. The summed E-state index contributed by atoms with van der Waals surface area (Å²) >= 11 is 0. The van der Waals surface area contributed by atoms with Gasteiger partial charge in [0.05, 0.1) is 12.1 Å². The van der Waals surface area contributed by atoms with Crippen molar-refractivity contribution in [1.82, 2.24) is 5.32 Å². The van der Waals surface area contributed by atoms with E-state index in [4.69, 9.17) is 0 Å². The van der Waals surface area contributed by atoms with E-state index in [1.54, 1.807) is 6.92 Å². The van der Waals surface area contributed by atoms with E-state index in [0.29, 0.717) is 5.56 Å². The summed E-state index contributed by atoms with van der Waals surface area (Å²) in [6, 6.07) is 12.3. The number of carbonyl (C=O) groups is 1. The molecule has 0 spiro atoms. The molecule has 25 heavy (non-hydrogen) atoms. The third-order valence-corrected chi connectivity index (χ3v) is 4.03.